The molecule has 98 valence electrons. The van der Waals surface area contributed by atoms with E-state index in [-0.39, 0.29) is 5.97 Å². The van der Waals surface area contributed by atoms with E-state index >= 15 is 0 Å². The van der Waals surface area contributed by atoms with Crippen LogP contribution in [0.1, 0.15) is 59.8 Å². The minimum absolute atomic E-state index is 0.0988. The summed E-state index contributed by atoms with van der Waals surface area (Å²) in [6.07, 6.45) is 9.04. The van der Waals surface area contributed by atoms with Crippen molar-refractivity contribution in [3.05, 3.63) is 23.3 Å². The third kappa shape index (κ3) is 9.86. The average Bonchev–Trinajstić information content (AvgIpc) is 2.29. The SMILES string of the molecule is CCOC(=O)CCC=C(C)CCC=C(C)CC. The van der Waals surface area contributed by atoms with E-state index in [1.54, 1.807) is 0 Å². The Balaban J connectivity index is 3.75. The molecule has 0 aliphatic rings. The van der Waals surface area contributed by atoms with E-state index in [1.807, 2.05) is 6.92 Å². The predicted octanol–water partition coefficient (Wildman–Crippen LogP) is 4.41. The fourth-order valence-corrected chi connectivity index (χ4v) is 1.46. The Bertz CT molecular complexity index is 275. The highest BCUT2D eigenvalue weighted by molar-refractivity contribution is 5.69. The number of allylic oxidation sites excluding steroid dienone is 4. The largest absolute Gasteiger partial charge is 0.466 e. The van der Waals surface area contributed by atoms with Crippen LogP contribution >= 0.6 is 0 Å². The van der Waals surface area contributed by atoms with Gasteiger partial charge in [0.25, 0.3) is 0 Å². The summed E-state index contributed by atoms with van der Waals surface area (Å²) in [6, 6.07) is 0. The Kier molecular flexibility index (Phi) is 9.50. The van der Waals surface area contributed by atoms with Crippen LogP contribution in [0, 0.1) is 0 Å². The van der Waals surface area contributed by atoms with Gasteiger partial charge in [0.05, 0.1) is 6.61 Å². The van der Waals surface area contributed by atoms with Crippen LogP contribution in [0.4, 0.5) is 0 Å². The van der Waals surface area contributed by atoms with E-state index < -0.39 is 0 Å². The molecule has 0 aromatic carbocycles. The molecule has 0 aromatic heterocycles. The Labute approximate surface area is 106 Å². The van der Waals surface area contributed by atoms with Gasteiger partial charge in [0.1, 0.15) is 0 Å². The molecule has 0 fully saturated rings. The van der Waals surface area contributed by atoms with Gasteiger partial charge in [-0.25, -0.2) is 0 Å². The van der Waals surface area contributed by atoms with Gasteiger partial charge in [0.2, 0.25) is 0 Å². The first-order valence-corrected chi connectivity index (χ1v) is 6.57. The van der Waals surface area contributed by atoms with E-state index in [4.69, 9.17) is 4.74 Å². The van der Waals surface area contributed by atoms with Crippen molar-refractivity contribution in [3.8, 4) is 0 Å². The molecule has 17 heavy (non-hydrogen) atoms. The second kappa shape index (κ2) is 10.1. The van der Waals surface area contributed by atoms with Crippen molar-refractivity contribution in [3.63, 3.8) is 0 Å². The zero-order valence-corrected chi connectivity index (χ0v) is 11.7. The van der Waals surface area contributed by atoms with Gasteiger partial charge < -0.3 is 4.74 Å². The average molecular weight is 238 g/mol. The highest BCUT2D eigenvalue weighted by Crippen LogP contribution is 2.10. The first kappa shape index (κ1) is 16.0. The molecule has 2 nitrogen and oxygen atoms in total. The number of hydrogen-bond acceptors (Lipinski definition) is 2. The highest BCUT2D eigenvalue weighted by Gasteiger charge is 1.99. The van der Waals surface area contributed by atoms with E-state index in [0.29, 0.717) is 13.0 Å². The molecule has 0 saturated heterocycles. The number of hydrogen-bond donors (Lipinski definition) is 0. The maximum Gasteiger partial charge on any atom is 0.306 e. The number of rotatable bonds is 8. The Morgan fingerprint density at radius 1 is 1.00 bits per heavy atom. The fourth-order valence-electron chi connectivity index (χ4n) is 1.46. The van der Waals surface area contributed by atoms with Crippen LogP contribution in [0.15, 0.2) is 23.3 Å². The zero-order chi connectivity index (χ0) is 13.1. The van der Waals surface area contributed by atoms with E-state index in [9.17, 15) is 4.79 Å². The van der Waals surface area contributed by atoms with Gasteiger partial charge in [-0.05, 0) is 46.5 Å². The summed E-state index contributed by atoms with van der Waals surface area (Å²) in [6.45, 7) is 8.78. The molecular formula is C15H26O2. The topological polar surface area (TPSA) is 26.3 Å². The van der Waals surface area contributed by atoms with Crippen molar-refractivity contribution in [2.45, 2.75) is 59.8 Å². The van der Waals surface area contributed by atoms with Gasteiger partial charge in [-0.1, -0.05) is 30.2 Å². The van der Waals surface area contributed by atoms with E-state index in [2.05, 4.69) is 32.9 Å². The summed E-state index contributed by atoms with van der Waals surface area (Å²) in [5.41, 5.74) is 2.80. The predicted molar refractivity (Wildman–Crippen MR) is 72.9 cm³/mol. The van der Waals surface area contributed by atoms with Gasteiger partial charge in [0.15, 0.2) is 0 Å². The number of carbonyl (C=O) groups is 1. The summed E-state index contributed by atoms with van der Waals surface area (Å²) < 4.78 is 4.87. The van der Waals surface area contributed by atoms with Crippen LogP contribution in [0.3, 0.4) is 0 Å². The van der Waals surface area contributed by atoms with Crippen LogP contribution in [0.2, 0.25) is 0 Å². The van der Waals surface area contributed by atoms with Gasteiger partial charge in [0, 0.05) is 6.42 Å². The van der Waals surface area contributed by atoms with E-state index in [0.717, 1.165) is 25.7 Å². The summed E-state index contributed by atoms with van der Waals surface area (Å²) in [7, 11) is 0. The molecule has 0 N–H and O–H groups in total. The third-order valence-corrected chi connectivity index (χ3v) is 2.74. The number of carbonyl (C=O) groups excluding carboxylic acids is 1. The molecule has 0 rings (SSSR count). The molecule has 0 spiro atoms. The molecular weight excluding hydrogens is 212 g/mol. The minimum Gasteiger partial charge on any atom is -0.466 e. The number of esters is 1. The Hall–Kier alpha value is -1.05. The molecule has 0 unspecified atom stereocenters. The van der Waals surface area contributed by atoms with Gasteiger partial charge >= 0.3 is 5.97 Å². The fraction of sp³-hybridized carbons (Fsp3) is 0.667. The van der Waals surface area contributed by atoms with Crippen molar-refractivity contribution < 1.29 is 9.53 Å². The zero-order valence-electron chi connectivity index (χ0n) is 11.7. The number of ether oxygens (including phenoxy) is 1. The summed E-state index contributed by atoms with van der Waals surface area (Å²) >= 11 is 0. The molecule has 0 bridgehead atoms. The monoisotopic (exact) mass is 238 g/mol. The Morgan fingerprint density at radius 3 is 2.18 bits per heavy atom. The van der Waals surface area contributed by atoms with Crippen LogP contribution < -0.4 is 0 Å². The highest BCUT2D eigenvalue weighted by atomic mass is 16.5. The van der Waals surface area contributed by atoms with Crippen molar-refractivity contribution >= 4 is 5.97 Å². The standard InChI is InChI=1S/C15H26O2/c1-5-13(3)9-7-10-14(4)11-8-12-15(16)17-6-2/h9,11H,5-8,10,12H2,1-4H3. The maximum absolute atomic E-state index is 11.1. The molecule has 0 aliphatic carbocycles. The lowest BCUT2D eigenvalue weighted by Gasteiger charge is -2.01. The summed E-state index contributed by atoms with van der Waals surface area (Å²) in [5, 5.41) is 0. The second-order valence-corrected chi connectivity index (χ2v) is 4.34. The van der Waals surface area contributed by atoms with Gasteiger partial charge in [-0.2, -0.15) is 0 Å². The molecule has 0 saturated carbocycles. The lowest BCUT2D eigenvalue weighted by molar-refractivity contribution is -0.142. The summed E-state index contributed by atoms with van der Waals surface area (Å²) in [5.74, 6) is -0.0988. The quantitative estimate of drug-likeness (QED) is 0.462. The molecule has 0 aliphatic heterocycles. The van der Waals surface area contributed by atoms with Crippen LogP contribution in [0.25, 0.3) is 0 Å². The summed E-state index contributed by atoms with van der Waals surface area (Å²) in [4.78, 5) is 11.1. The lowest BCUT2D eigenvalue weighted by Crippen LogP contribution is -2.02. The third-order valence-electron chi connectivity index (χ3n) is 2.74. The molecule has 0 aromatic rings. The first-order valence-electron chi connectivity index (χ1n) is 6.57. The minimum atomic E-state index is -0.0988. The van der Waals surface area contributed by atoms with Crippen molar-refractivity contribution in [1.82, 2.24) is 0 Å². The van der Waals surface area contributed by atoms with Gasteiger partial charge in [-0.3, -0.25) is 4.79 Å². The van der Waals surface area contributed by atoms with Crippen LogP contribution in [-0.4, -0.2) is 12.6 Å². The molecule has 0 radical (unpaired) electrons. The van der Waals surface area contributed by atoms with Crippen molar-refractivity contribution in [2.24, 2.45) is 0 Å². The maximum atomic E-state index is 11.1. The van der Waals surface area contributed by atoms with Gasteiger partial charge in [-0.15, -0.1) is 0 Å². The molecule has 0 heterocycles. The smallest absolute Gasteiger partial charge is 0.306 e. The van der Waals surface area contributed by atoms with Crippen LogP contribution in [-0.2, 0) is 9.53 Å². The van der Waals surface area contributed by atoms with E-state index in [1.165, 1.54) is 11.1 Å². The van der Waals surface area contributed by atoms with Crippen molar-refractivity contribution in [1.29, 1.82) is 0 Å². The second-order valence-electron chi connectivity index (χ2n) is 4.34. The first-order chi connectivity index (χ1) is 8.10. The molecule has 0 amide bonds. The molecule has 2 heteroatoms. The molecule has 0 atom stereocenters. The normalized spacial score (nSPS) is 12.7. The Morgan fingerprint density at radius 2 is 1.59 bits per heavy atom. The lowest BCUT2D eigenvalue weighted by atomic mass is 10.1. The van der Waals surface area contributed by atoms with Crippen molar-refractivity contribution in [2.75, 3.05) is 6.61 Å². The van der Waals surface area contributed by atoms with Crippen LogP contribution in [0.5, 0.6) is 0 Å².